The molecule has 0 saturated carbocycles. The molecule has 18 heavy (non-hydrogen) atoms. The molecule has 2 aromatic carbocycles. The molecule has 3 rings (SSSR count). The second-order valence-electron chi connectivity index (χ2n) is 4.49. The summed E-state index contributed by atoms with van der Waals surface area (Å²) in [5.41, 5.74) is 3.23. The largest absolute Gasteiger partial charge is 0.206 e. The lowest BCUT2D eigenvalue weighted by Crippen LogP contribution is -1.88. The molecule has 0 atom stereocenters. The summed E-state index contributed by atoms with van der Waals surface area (Å²) < 4.78 is 13.9. The highest BCUT2D eigenvalue weighted by molar-refractivity contribution is 7.13. The van der Waals surface area contributed by atoms with Crippen molar-refractivity contribution < 1.29 is 4.39 Å². The smallest absolute Gasteiger partial charge is 0.131 e. The van der Waals surface area contributed by atoms with Gasteiger partial charge in [0.05, 0.1) is 0 Å². The Kier molecular flexibility index (Phi) is 2.67. The molecule has 89 valence electrons. The van der Waals surface area contributed by atoms with E-state index in [2.05, 4.69) is 11.4 Å². The Hall–Kier alpha value is -1.67. The third kappa shape index (κ3) is 1.73. The monoisotopic (exact) mass is 255 g/mol. The molecule has 0 aliphatic heterocycles. The van der Waals surface area contributed by atoms with Gasteiger partial charge in [-0.05, 0) is 42.5 Å². The fourth-order valence-corrected chi connectivity index (χ4v) is 3.24. The summed E-state index contributed by atoms with van der Waals surface area (Å²) in [6.45, 7) is 3.99. The first-order chi connectivity index (χ1) is 8.66. The zero-order valence-corrected chi connectivity index (χ0v) is 11.1. The van der Waals surface area contributed by atoms with Gasteiger partial charge >= 0.3 is 0 Å². The van der Waals surface area contributed by atoms with Crippen molar-refractivity contribution in [1.82, 2.24) is 0 Å². The van der Waals surface area contributed by atoms with Gasteiger partial charge in [0.1, 0.15) is 5.82 Å². The number of hydrogen-bond acceptors (Lipinski definition) is 1. The molecule has 0 bridgehead atoms. The van der Waals surface area contributed by atoms with E-state index in [1.54, 1.807) is 17.4 Å². The highest BCUT2D eigenvalue weighted by Crippen LogP contribution is 2.36. The predicted molar refractivity (Wildman–Crippen MR) is 75.5 cm³/mol. The van der Waals surface area contributed by atoms with Crippen LogP contribution in [-0.4, -0.2) is 0 Å². The van der Waals surface area contributed by atoms with E-state index in [0.717, 1.165) is 27.0 Å². The second-order valence-corrected chi connectivity index (χ2v) is 5.34. The Morgan fingerprint density at radius 2 is 1.78 bits per heavy atom. The van der Waals surface area contributed by atoms with Crippen LogP contribution in [-0.2, 0) is 0 Å². The summed E-state index contributed by atoms with van der Waals surface area (Å²) >= 11 is 1.59. The Labute approximate surface area is 110 Å². The fourth-order valence-electron chi connectivity index (χ4n) is 2.30. The third-order valence-corrected chi connectivity index (χ3v) is 4.07. The molecule has 0 unspecified atom stereocenters. The molecule has 3 aromatic rings. The van der Waals surface area contributed by atoms with Crippen LogP contribution in [0.15, 0.2) is 36.4 Å². The van der Waals surface area contributed by atoms with E-state index in [1.165, 1.54) is 0 Å². The van der Waals surface area contributed by atoms with E-state index in [9.17, 15) is 4.39 Å². The standard InChI is InChI=1S/C16H12FS/c1-10-7-15(18-9-10)16-11(2)8-14(17)12-5-3-4-6-13(12)16/h3-8H,1-2H3. The molecule has 0 fully saturated rings. The maximum atomic E-state index is 13.9. The lowest BCUT2D eigenvalue weighted by Gasteiger charge is -2.09. The fraction of sp³-hybridized carbons (Fsp3) is 0.125. The predicted octanol–water partition coefficient (Wildman–Crippen LogP) is 5.12. The summed E-state index contributed by atoms with van der Waals surface area (Å²) in [6, 6.07) is 11.4. The normalized spacial score (nSPS) is 11.1. The maximum absolute atomic E-state index is 13.9. The number of thiophene rings is 1. The summed E-state index contributed by atoms with van der Waals surface area (Å²) in [5.74, 6) is -0.149. The number of fused-ring (bicyclic) bond motifs is 1. The van der Waals surface area contributed by atoms with Crippen LogP contribution in [0.3, 0.4) is 0 Å². The molecule has 0 nitrogen and oxygen atoms in total. The summed E-state index contributed by atoms with van der Waals surface area (Å²) in [6.07, 6.45) is 0. The van der Waals surface area contributed by atoms with Crippen LogP contribution >= 0.6 is 11.3 Å². The minimum atomic E-state index is -0.149. The summed E-state index contributed by atoms with van der Waals surface area (Å²) in [7, 11) is 0. The first-order valence-electron chi connectivity index (χ1n) is 5.83. The SMILES string of the molecule is Cc1[c]sc(-c2c(C)cc(F)c3ccccc23)c1. The van der Waals surface area contributed by atoms with E-state index in [0.29, 0.717) is 5.39 Å². The minimum Gasteiger partial charge on any atom is -0.206 e. The first kappa shape index (κ1) is 11.4. The van der Waals surface area contributed by atoms with Crippen LogP contribution in [0, 0.1) is 25.0 Å². The number of aryl methyl sites for hydroxylation is 2. The number of rotatable bonds is 1. The summed E-state index contributed by atoms with van der Waals surface area (Å²) in [4.78, 5) is 1.15. The van der Waals surface area contributed by atoms with Crippen LogP contribution in [0.1, 0.15) is 11.1 Å². The van der Waals surface area contributed by atoms with Gasteiger partial charge in [-0.15, -0.1) is 11.3 Å². The Morgan fingerprint density at radius 3 is 2.44 bits per heavy atom. The van der Waals surface area contributed by atoms with Crippen molar-refractivity contribution in [1.29, 1.82) is 0 Å². The average molecular weight is 255 g/mol. The first-order valence-corrected chi connectivity index (χ1v) is 6.65. The van der Waals surface area contributed by atoms with Crippen molar-refractivity contribution in [2.24, 2.45) is 0 Å². The molecule has 1 radical (unpaired) electrons. The molecule has 0 N–H and O–H groups in total. The van der Waals surface area contributed by atoms with Gasteiger partial charge in [0.2, 0.25) is 0 Å². The number of halogens is 1. The van der Waals surface area contributed by atoms with E-state index < -0.39 is 0 Å². The zero-order valence-electron chi connectivity index (χ0n) is 10.3. The third-order valence-electron chi connectivity index (χ3n) is 3.11. The van der Waals surface area contributed by atoms with Crippen molar-refractivity contribution >= 4 is 22.1 Å². The van der Waals surface area contributed by atoms with E-state index in [1.807, 2.05) is 38.1 Å². The van der Waals surface area contributed by atoms with Gasteiger partial charge in [-0.25, -0.2) is 4.39 Å². The van der Waals surface area contributed by atoms with Crippen molar-refractivity contribution in [3.8, 4) is 10.4 Å². The van der Waals surface area contributed by atoms with Gasteiger partial charge in [-0.2, -0.15) is 0 Å². The van der Waals surface area contributed by atoms with Crippen LogP contribution in [0.4, 0.5) is 4.39 Å². The molecule has 0 aliphatic carbocycles. The van der Waals surface area contributed by atoms with Gasteiger partial charge in [0, 0.05) is 21.2 Å². The van der Waals surface area contributed by atoms with Gasteiger partial charge in [0.15, 0.2) is 0 Å². The molecular formula is C16H12FS. The molecule has 1 aromatic heterocycles. The van der Waals surface area contributed by atoms with Crippen molar-refractivity contribution in [3.05, 3.63) is 58.7 Å². The topological polar surface area (TPSA) is 0 Å². The zero-order chi connectivity index (χ0) is 12.7. The second kappa shape index (κ2) is 4.21. The van der Waals surface area contributed by atoms with Crippen molar-refractivity contribution in [3.63, 3.8) is 0 Å². The van der Waals surface area contributed by atoms with Crippen LogP contribution in [0.2, 0.25) is 0 Å². The van der Waals surface area contributed by atoms with E-state index >= 15 is 0 Å². The van der Waals surface area contributed by atoms with Gasteiger partial charge in [0.25, 0.3) is 0 Å². The number of benzene rings is 2. The van der Waals surface area contributed by atoms with Crippen molar-refractivity contribution in [2.45, 2.75) is 13.8 Å². The van der Waals surface area contributed by atoms with E-state index in [-0.39, 0.29) is 5.82 Å². The summed E-state index contributed by atoms with van der Waals surface area (Å²) in [5, 5.41) is 4.88. The van der Waals surface area contributed by atoms with Gasteiger partial charge in [-0.3, -0.25) is 0 Å². The van der Waals surface area contributed by atoms with Crippen LogP contribution < -0.4 is 0 Å². The Balaban J connectivity index is 2.41. The van der Waals surface area contributed by atoms with E-state index in [4.69, 9.17) is 0 Å². The average Bonchev–Trinajstić information content (AvgIpc) is 2.76. The molecule has 0 amide bonds. The lowest BCUT2D eigenvalue weighted by molar-refractivity contribution is 0.639. The quantitative estimate of drug-likeness (QED) is 0.566. The highest BCUT2D eigenvalue weighted by atomic mass is 32.1. The Morgan fingerprint density at radius 1 is 1.06 bits per heavy atom. The molecule has 0 spiro atoms. The molecule has 1 heterocycles. The molecule has 0 aliphatic rings. The van der Waals surface area contributed by atoms with Crippen molar-refractivity contribution in [2.75, 3.05) is 0 Å². The Bertz CT molecular complexity index is 725. The van der Waals surface area contributed by atoms with Crippen LogP contribution in [0.5, 0.6) is 0 Å². The van der Waals surface area contributed by atoms with Crippen LogP contribution in [0.25, 0.3) is 21.2 Å². The minimum absolute atomic E-state index is 0.149. The molecule has 0 saturated heterocycles. The van der Waals surface area contributed by atoms with Gasteiger partial charge < -0.3 is 0 Å². The maximum Gasteiger partial charge on any atom is 0.131 e. The number of hydrogen-bond donors (Lipinski definition) is 0. The lowest BCUT2D eigenvalue weighted by atomic mass is 9.98. The molecule has 2 heteroatoms. The molecular weight excluding hydrogens is 243 g/mol. The highest BCUT2D eigenvalue weighted by Gasteiger charge is 2.12. The van der Waals surface area contributed by atoms with Gasteiger partial charge in [-0.1, -0.05) is 24.3 Å².